The largest absolute Gasteiger partial charge is 0.314 e. The lowest BCUT2D eigenvalue weighted by atomic mass is 10.1. The zero-order valence-electron chi connectivity index (χ0n) is 9.49. The van der Waals surface area contributed by atoms with Crippen LogP contribution in [0.4, 0.5) is 0 Å². The first kappa shape index (κ1) is 11.0. The maximum atomic E-state index is 4.52. The summed E-state index contributed by atoms with van der Waals surface area (Å²) in [6.45, 7) is 8.97. The summed E-state index contributed by atoms with van der Waals surface area (Å²) in [5.74, 6) is 0. The predicted octanol–water partition coefficient (Wildman–Crippen LogP) is 1.29. The van der Waals surface area contributed by atoms with Gasteiger partial charge in [0.2, 0.25) is 0 Å². The van der Waals surface area contributed by atoms with Crippen molar-refractivity contribution in [3.05, 3.63) is 16.1 Å². The van der Waals surface area contributed by atoms with Crippen molar-refractivity contribution in [2.75, 3.05) is 26.2 Å². The van der Waals surface area contributed by atoms with E-state index in [1.54, 1.807) is 11.3 Å². The van der Waals surface area contributed by atoms with Gasteiger partial charge in [0.1, 0.15) is 0 Å². The number of thiazole rings is 1. The molecule has 2 rings (SSSR count). The summed E-state index contributed by atoms with van der Waals surface area (Å²) in [6, 6.07) is 0.619. The van der Waals surface area contributed by atoms with Crippen LogP contribution in [-0.4, -0.2) is 42.1 Å². The van der Waals surface area contributed by atoms with Crippen molar-refractivity contribution in [1.82, 2.24) is 15.2 Å². The number of piperazine rings is 1. The van der Waals surface area contributed by atoms with Gasteiger partial charge in [0.25, 0.3) is 0 Å². The lowest BCUT2D eigenvalue weighted by molar-refractivity contribution is 0.182. The highest BCUT2D eigenvalue weighted by atomic mass is 32.1. The van der Waals surface area contributed by atoms with Crippen LogP contribution in [0, 0.1) is 6.92 Å². The molecule has 2 heterocycles. The highest BCUT2D eigenvalue weighted by Crippen LogP contribution is 2.12. The van der Waals surface area contributed by atoms with Crippen LogP contribution in [-0.2, 0) is 6.42 Å². The average molecular weight is 225 g/mol. The third-order valence-electron chi connectivity index (χ3n) is 2.95. The second-order valence-electron chi connectivity index (χ2n) is 4.20. The summed E-state index contributed by atoms with van der Waals surface area (Å²) in [6.07, 6.45) is 1.09. The first-order chi connectivity index (χ1) is 7.25. The number of nitrogens with one attached hydrogen (secondary N) is 1. The molecular weight excluding hydrogens is 206 g/mol. The number of nitrogens with zero attached hydrogens (tertiary/aromatic N) is 2. The molecule has 0 saturated carbocycles. The predicted molar refractivity (Wildman–Crippen MR) is 64.5 cm³/mol. The maximum absolute atomic E-state index is 4.52. The van der Waals surface area contributed by atoms with Crippen LogP contribution in [0.2, 0.25) is 0 Å². The molecule has 1 N–H and O–H groups in total. The molecule has 1 aromatic heterocycles. The maximum Gasteiger partial charge on any atom is 0.0897 e. The minimum absolute atomic E-state index is 0.619. The second kappa shape index (κ2) is 5.05. The van der Waals surface area contributed by atoms with E-state index >= 15 is 0 Å². The van der Waals surface area contributed by atoms with Gasteiger partial charge in [0.05, 0.1) is 10.7 Å². The number of rotatable bonds is 3. The van der Waals surface area contributed by atoms with Gasteiger partial charge < -0.3 is 5.32 Å². The van der Waals surface area contributed by atoms with Crippen LogP contribution in [0.5, 0.6) is 0 Å². The van der Waals surface area contributed by atoms with Crippen molar-refractivity contribution in [2.24, 2.45) is 0 Å². The molecule has 0 amide bonds. The fraction of sp³-hybridized carbons (Fsp3) is 0.727. The topological polar surface area (TPSA) is 28.2 Å². The summed E-state index contributed by atoms with van der Waals surface area (Å²) in [5, 5.41) is 6.75. The van der Waals surface area contributed by atoms with E-state index in [4.69, 9.17) is 0 Å². The Hall–Kier alpha value is -0.450. The minimum Gasteiger partial charge on any atom is -0.314 e. The molecule has 1 fully saturated rings. The fourth-order valence-electron chi connectivity index (χ4n) is 2.06. The third-order valence-corrected chi connectivity index (χ3v) is 3.77. The number of aryl methyl sites for hydroxylation is 1. The summed E-state index contributed by atoms with van der Waals surface area (Å²) in [5.41, 5.74) is 1.25. The van der Waals surface area contributed by atoms with Crippen molar-refractivity contribution >= 4 is 11.3 Å². The van der Waals surface area contributed by atoms with Crippen LogP contribution in [0.1, 0.15) is 17.6 Å². The van der Waals surface area contributed by atoms with E-state index in [-0.39, 0.29) is 0 Å². The molecule has 1 aliphatic heterocycles. The summed E-state index contributed by atoms with van der Waals surface area (Å²) in [4.78, 5) is 7.07. The first-order valence-corrected chi connectivity index (χ1v) is 6.49. The Morgan fingerprint density at radius 2 is 2.27 bits per heavy atom. The SMILES string of the molecule is Cc1nc(CC(C)N2CCNCC2)cs1. The Kier molecular flexibility index (Phi) is 3.72. The lowest BCUT2D eigenvalue weighted by Crippen LogP contribution is -2.48. The molecule has 1 aliphatic rings. The van der Waals surface area contributed by atoms with Crippen LogP contribution in [0.15, 0.2) is 5.38 Å². The van der Waals surface area contributed by atoms with E-state index < -0.39 is 0 Å². The molecule has 1 saturated heterocycles. The molecule has 0 radical (unpaired) electrons. The van der Waals surface area contributed by atoms with E-state index in [0.717, 1.165) is 19.5 Å². The van der Waals surface area contributed by atoms with E-state index in [2.05, 4.69) is 34.4 Å². The quantitative estimate of drug-likeness (QED) is 0.840. The van der Waals surface area contributed by atoms with Gasteiger partial charge in [-0.15, -0.1) is 11.3 Å². The van der Waals surface area contributed by atoms with Crippen molar-refractivity contribution in [3.8, 4) is 0 Å². The van der Waals surface area contributed by atoms with Gasteiger partial charge in [-0.25, -0.2) is 4.98 Å². The van der Waals surface area contributed by atoms with Crippen LogP contribution in [0.3, 0.4) is 0 Å². The molecule has 15 heavy (non-hydrogen) atoms. The van der Waals surface area contributed by atoms with E-state index in [9.17, 15) is 0 Å². The van der Waals surface area contributed by atoms with Gasteiger partial charge in [-0.3, -0.25) is 4.90 Å². The van der Waals surface area contributed by atoms with Crippen molar-refractivity contribution in [3.63, 3.8) is 0 Å². The number of hydrogen-bond acceptors (Lipinski definition) is 4. The van der Waals surface area contributed by atoms with Crippen LogP contribution < -0.4 is 5.32 Å². The zero-order chi connectivity index (χ0) is 10.7. The molecule has 1 atom stereocenters. The second-order valence-corrected chi connectivity index (χ2v) is 5.26. The Morgan fingerprint density at radius 1 is 1.53 bits per heavy atom. The standard InChI is InChI=1S/C11H19N3S/c1-9(14-5-3-12-4-6-14)7-11-8-15-10(2)13-11/h8-9,12H,3-7H2,1-2H3. The number of hydrogen-bond donors (Lipinski definition) is 1. The van der Waals surface area contributed by atoms with Crippen molar-refractivity contribution in [1.29, 1.82) is 0 Å². The summed E-state index contributed by atoms with van der Waals surface area (Å²) < 4.78 is 0. The van der Waals surface area contributed by atoms with Gasteiger partial charge in [-0.05, 0) is 13.8 Å². The highest BCUT2D eigenvalue weighted by Gasteiger charge is 2.17. The normalized spacial score (nSPS) is 20.4. The molecule has 4 heteroatoms. The Morgan fingerprint density at radius 3 is 2.87 bits per heavy atom. The van der Waals surface area contributed by atoms with Crippen molar-refractivity contribution < 1.29 is 0 Å². The summed E-state index contributed by atoms with van der Waals surface area (Å²) in [7, 11) is 0. The van der Waals surface area contributed by atoms with Gasteiger partial charge >= 0.3 is 0 Å². The van der Waals surface area contributed by atoms with E-state index in [1.165, 1.54) is 23.8 Å². The molecule has 3 nitrogen and oxygen atoms in total. The summed E-state index contributed by atoms with van der Waals surface area (Å²) >= 11 is 1.75. The van der Waals surface area contributed by atoms with E-state index in [1.807, 2.05) is 0 Å². The van der Waals surface area contributed by atoms with E-state index in [0.29, 0.717) is 6.04 Å². The third kappa shape index (κ3) is 3.00. The smallest absolute Gasteiger partial charge is 0.0897 e. The highest BCUT2D eigenvalue weighted by molar-refractivity contribution is 7.09. The molecule has 84 valence electrons. The van der Waals surface area contributed by atoms with Crippen LogP contribution >= 0.6 is 11.3 Å². The monoisotopic (exact) mass is 225 g/mol. The Labute approximate surface area is 95.5 Å². The van der Waals surface area contributed by atoms with Crippen molar-refractivity contribution in [2.45, 2.75) is 26.3 Å². The van der Waals surface area contributed by atoms with Gasteiger partial charge in [0.15, 0.2) is 0 Å². The Bertz CT molecular complexity index is 305. The Balaban J connectivity index is 1.88. The van der Waals surface area contributed by atoms with Gasteiger partial charge in [-0.2, -0.15) is 0 Å². The molecule has 0 aliphatic carbocycles. The number of aromatic nitrogens is 1. The van der Waals surface area contributed by atoms with Crippen LogP contribution in [0.25, 0.3) is 0 Å². The zero-order valence-corrected chi connectivity index (χ0v) is 10.3. The minimum atomic E-state index is 0.619. The molecule has 1 aromatic rings. The van der Waals surface area contributed by atoms with Gasteiger partial charge in [-0.1, -0.05) is 0 Å². The molecule has 0 spiro atoms. The molecule has 0 aromatic carbocycles. The average Bonchev–Trinajstić information content (AvgIpc) is 2.65. The lowest BCUT2D eigenvalue weighted by Gasteiger charge is -2.32. The fourth-order valence-corrected chi connectivity index (χ4v) is 2.68. The van der Waals surface area contributed by atoms with Gasteiger partial charge in [0, 0.05) is 44.0 Å². The molecule has 0 bridgehead atoms. The molecule has 1 unspecified atom stereocenters. The molecular formula is C11H19N3S. The first-order valence-electron chi connectivity index (χ1n) is 5.61.